The van der Waals surface area contributed by atoms with Crippen molar-refractivity contribution in [3.05, 3.63) is 6.92 Å². The lowest BCUT2D eigenvalue weighted by molar-refractivity contribution is -0.158. The number of carbonyl (C=O) groups excluding carboxylic acids is 1. The van der Waals surface area contributed by atoms with Gasteiger partial charge in [-0.1, -0.05) is 13.3 Å². The van der Waals surface area contributed by atoms with Gasteiger partial charge in [0, 0.05) is 0 Å². The molecule has 0 saturated carbocycles. The number of rotatable bonds is 3. The summed E-state index contributed by atoms with van der Waals surface area (Å²) in [4.78, 5) is 10.6. The third-order valence-corrected chi connectivity index (χ3v) is 1.81. The molecule has 1 saturated heterocycles. The van der Waals surface area contributed by atoms with Crippen molar-refractivity contribution in [3.63, 3.8) is 0 Å². The zero-order valence-electron chi connectivity index (χ0n) is 6.99. The number of ether oxygens (including phenoxy) is 2. The average molecular weight is 172 g/mol. The Morgan fingerprint density at radius 2 is 2.25 bits per heavy atom. The standard InChI is InChI=1S/C8H14NO3/c1-2-3-6-4-12-7(5-11-6)8(9)10/h6-7H,1-5H2,(H2,9,10). The molecule has 1 fully saturated rings. The van der Waals surface area contributed by atoms with E-state index in [1.54, 1.807) is 0 Å². The summed E-state index contributed by atoms with van der Waals surface area (Å²) in [5.74, 6) is -0.455. The molecule has 12 heavy (non-hydrogen) atoms. The van der Waals surface area contributed by atoms with Gasteiger partial charge in [-0.05, 0) is 6.42 Å². The van der Waals surface area contributed by atoms with E-state index >= 15 is 0 Å². The number of nitrogens with two attached hydrogens (primary N) is 1. The molecule has 0 bridgehead atoms. The molecule has 1 aliphatic rings. The van der Waals surface area contributed by atoms with Crippen LogP contribution in [0.25, 0.3) is 0 Å². The van der Waals surface area contributed by atoms with E-state index in [9.17, 15) is 4.79 Å². The molecule has 0 aromatic rings. The molecule has 1 amide bonds. The zero-order chi connectivity index (χ0) is 8.97. The summed E-state index contributed by atoms with van der Waals surface area (Å²) in [5, 5.41) is 0. The molecule has 4 heteroatoms. The molecule has 4 nitrogen and oxygen atoms in total. The van der Waals surface area contributed by atoms with E-state index in [0.29, 0.717) is 6.61 Å². The maximum absolute atomic E-state index is 10.6. The van der Waals surface area contributed by atoms with Crippen LogP contribution in [-0.2, 0) is 14.3 Å². The highest BCUT2D eigenvalue weighted by Crippen LogP contribution is 2.11. The fourth-order valence-corrected chi connectivity index (χ4v) is 1.10. The Labute approximate surface area is 72.0 Å². The Kier molecular flexibility index (Phi) is 3.49. The molecule has 69 valence electrons. The normalized spacial score (nSPS) is 30.1. The van der Waals surface area contributed by atoms with Gasteiger partial charge in [-0.25, -0.2) is 0 Å². The van der Waals surface area contributed by atoms with E-state index in [1.807, 2.05) is 0 Å². The fraction of sp³-hybridized carbons (Fsp3) is 0.750. The molecule has 1 rings (SSSR count). The summed E-state index contributed by atoms with van der Waals surface area (Å²) in [6, 6.07) is 0. The number of primary amides is 1. The fourth-order valence-electron chi connectivity index (χ4n) is 1.10. The van der Waals surface area contributed by atoms with E-state index in [0.717, 1.165) is 12.8 Å². The van der Waals surface area contributed by atoms with Gasteiger partial charge in [-0.15, -0.1) is 0 Å². The average Bonchev–Trinajstić information content (AvgIpc) is 2.06. The quantitative estimate of drug-likeness (QED) is 0.645. The van der Waals surface area contributed by atoms with Crippen LogP contribution in [0.2, 0.25) is 0 Å². The van der Waals surface area contributed by atoms with Crippen LogP contribution < -0.4 is 5.73 Å². The van der Waals surface area contributed by atoms with Crippen molar-refractivity contribution in [1.29, 1.82) is 0 Å². The lowest BCUT2D eigenvalue weighted by atomic mass is 10.2. The molecule has 1 heterocycles. The number of carbonyl (C=O) groups is 1. The van der Waals surface area contributed by atoms with Crippen LogP contribution in [0.5, 0.6) is 0 Å². The predicted octanol–water partition coefficient (Wildman–Crippen LogP) is -0.130. The van der Waals surface area contributed by atoms with Crippen molar-refractivity contribution >= 4 is 5.91 Å². The first-order valence-corrected chi connectivity index (χ1v) is 4.05. The largest absolute Gasteiger partial charge is 0.373 e. The molecular weight excluding hydrogens is 158 g/mol. The van der Waals surface area contributed by atoms with Crippen LogP contribution in [0, 0.1) is 6.92 Å². The Morgan fingerprint density at radius 1 is 1.50 bits per heavy atom. The van der Waals surface area contributed by atoms with Crippen molar-refractivity contribution in [2.75, 3.05) is 13.2 Å². The van der Waals surface area contributed by atoms with Gasteiger partial charge in [0.1, 0.15) is 0 Å². The monoisotopic (exact) mass is 172 g/mol. The summed E-state index contributed by atoms with van der Waals surface area (Å²) in [6.45, 7) is 4.43. The van der Waals surface area contributed by atoms with Gasteiger partial charge in [0.15, 0.2) is 6.10 Å². The summed E-state index contributed by atoms with van der Waals surface area (Å²) < 4.78 is 10.5. The van der Waals surface area contributed by atoms with Gasteiger partial charge in [-0.2, -0.15) is 0 Å². The van der Waals surface area contributed by atoms with Gasteiger partial charge in [0.05, 0.1) is 19.3 Å². The second-order valence-electron chi connectivity index (χ2n) is 2.82. The highest BCUT2D eigenvalue weighted by atomic mass is 16.6. The van der Waals surface area contributed by atoms with Gasteiger partial charge in [-0.3, -0.25) is 4.79 Å². The molecule has 0 aliphatic carbocycles. The Hall–Kier alpha value is -0.610. The maximum Gasteiger partial charge on any atom is 0.248 e. The Morgan fingerprint density at radius 3 is 2.67 bits per heavy atom. The number of hydrogen-bond donors (Lipinski definition) is 1. The van der Waals surface area contributed by atoms with Crippen molar-refractivity contribution in [2.24, 2.45) is 5.73 Å². The minimum Gasteiger partial charge on any atom is -0.373 e. The summed E-state index contributed by atoms with van der Waals surface area (Å²) in [5.41, 5.74) is 5.03. The summed E-state index contributed by atoms with van der Waals surface area (Å²) >= 11 is 0. The van der Waals surface area contributed by atoms with Gasteiger partial charge >= 0.3 is 0 Å². The Bertz CT molecular complexity index is 152. The second kappa shape index (κ2) is 4.42. The van der Waals surface area contributed by atoms with Crippen LogP contribution in [0.1, 0.15) is 12.8 Å². The molecule has 0 spiro atoms. The summed E-state index contributed by atoms with van der Waals surface area (Å²) in [7, 11) is 0. The molecule has 0 aromatic heterocycles. The third-order valence-electron chi connectivity index (χ3n) is 1.81. The predicted molar refractivity (Wildman–Crippen MR) is 43.3 cm³/mol. The molecule has 2 atom stereocenters. The molecule has 2 unspecified atom stereocenters. The highest BCUT2D eigenvalue weighted by molar-refractivity contribution is 5.79. The summed E-state index contributed by atoms with van der Waals surface area (Å²) in [6.07, 6.45) is 1.20. The van der Waals surface area contributed by atoms with Crippen molar-refractivity contribution in [3.8, 4) is 0 Å². The minimum atomic E-state index is -0.564. The lowest BCUT2D eigenvalue weighted by Gasteiger charge is -2.27. The maximum atomic E-state index is 10.6. The molecule has 2 N–H and O–H groups in total. The Balaban J connectivity index is 2.25. The first kappa shape index (κ1) is 9.48. The molecule has 0 aromatic carbocycles. The van der Waals surface area contributed by atoms with Crippen LogP contribution in [0.3, 0.4) is 0 Å². The molecule has 1 aliphatic heterocycles. The van der Waals surface area contributed by atoms with Gasteiger partial charge in [0.25, 0.3) is 0 Å². The van der Waals surface area contributed by atoms with Crippen molar-refractivity contribution in [2.45, 2.75) is 25.0 Å². The van der Waals surface area contributed by atoms with Gasteiger partial charge < -0.3 is 15.2 Å². The second-order valence-corrected chi connectivity index (χ2v) is 2.82. The first-order chi connectivity index (χ1) is 5.74. The van der Waals surface area contributed by atoms with Crippen molar-refractivity contribution < 1.29 is 14.3 Å². The highest BCUT2D eigenvalue weighted by Gasteiger charge is 2.25. The molecule has 1 radical (unpaired) electrons. The van der Waals surface area contributed by atoms with E-state index in [4.69, 9.17) is 15.2 Å². The van der Waals surface area contributed by atoms with Crippen LogP contribution in [-0.4, -0.2) is 31.3 Å². The number of amides is 1. The smallest absolute Gasteiger partial charge is 0.248 e. The van der Waals surface area contributed by atoms with E-state index in [2.05, 4.69) is 6.92 Å². The third kappa shape index (κ3) is 2.46. The van der Waals surface area contributed by atoms with E-state index in [1.165, 1.54) is 0 Å². The van der Waals surface area contributed by atoms with E-state index in [-0.39, 0.29) is 12.7 Å². The van der Waals surface area contributed by atoms with Crippen LogP contribution >= 0.6 is 0 Å². The molecular formula is C8H14NO3. The number of hydrogen-bond acceptors (Lipinski definition) is 3. The lowest BCUT2D eigenvalue weighted by Crippen LogP contribution is -2.43. The topological polar surface area (TPSA) is 61.5 Å². The van der Waals surface area contributed by atoms with Crippen LogP contribution in [0.4, 0.5) is 0 Å². The van der Waals surface area contributed by atoms with Crippen molar-refractivity contribution in [1.82, 2.24) is 0 Å². The zero-order valence-corrected chi connectivity index (χ0v) is 6.99. The van der Waals surface area contributed by atoms with Crippen LogP contribution in [0.15, 0.2) is 0 Å². The minimum absolute atomic E-state index is 0.0816. The SMILES string of the molecule is [CH2]CCC1COC(C(N)=O)CO1. The van der Waals surface area contributed by atoms with Gasteiger partial charge in [0.2, 0.25) is 5.91 Å². The van der Waals surface area contributed by atoms with E-state index < -0.39 is 12.0 Å². The first-order valence-electron chi connectivity index (χ1n) is 4.05.